The molecule has 0 radical (unpaired) electrons. The Morgan fingerprint density at radius 2 is 1.24 bits per heavy atom. The van der Waals surface area contributed by atoms with Crippen LogP contribution in [0.15, 0.2) is 91.0 Å². The van der Waals surface area contributed by atoms with Crippen LogP contribution >= 0.6 is 0 Å². The molecule has 8 nitrogen and oxygen atoms in total. The van der Waals surface area contributed by atoms with Crippen LogP contribution in [0.5, 0.6) is 0 Å². The molecule has 41 heavy (non-hydrogen) atoms. The maximum atomic E-state index is 13.2. The van der Waals surface area contributed by atoms with E-state index >= 15 is 0 Å². The lowest BCUT2D eigenvalue weighted by molar-refractivity contribution is -0.155. The third-order valence-electron chi connectivity index (χ3n) is 6.88. The number of carbonyl (C=O) groups excluding carboxylic acids is 1. The fourth-order valence-electron chi connectivity index (χ4n) is 4.59. The van der Waals surface area contributed by atoms with Crippen molar-refractivity contribution in [3.8, 4) is 0 Å². The summed E-state index contributed by atoms with van der Waals surface area (Å²) in [7, 11) is 3.57. The first-order valence-electron chi connectivity index (χ1n) is 14.3. The molecule has 8 heteroatoms. The molecular weight excluding hydrogens is 516 g/mol. The SMILES string of the molecule is CNC(CCCCN)C(=O)O.CNCCCCC(N)C(=O)OC(c1ccccc1)(c1ccccc1)c1ccccc1. The Hall–Kier alpha value is -3.56. The molecule has 3 aromatic carbocycles. The van der Waals surface area contributed by atoms with Crippen LogP contribution in [0, 0.1) is 0 Å². The van der Waals surface area contributed by atoms with Gasteiger partial charge in [-0.05, 0) is 52.9 Å². The molecular formula is C33H46N4O4. The number of esters is 1. The van der Waals surface area contributed by atoms with Gasteiger partial charge in [0.25, 0.3) is 0 Å². The second kappa shape index (κ2) is 18.7. The number of nitrogens with two attached hydrogens (primary N) is 2. The fourth-order valence-corrected chi connectivity index (χ4v) is 4.59. The van der Waals surface area contributed by atoms with Gasteiger partial charge < -0.3 is 31.9 Å². The summed E-state index contributed by atoms with van der Waals surface area (Å²) in [5.41, 5.74) is 13.1. The van der Waals surface area contributed by atoms with E-state index < -0.39 is 29.6 Å². The Morgan fingerprint density at radius 1 is 0.780 bits per heavy atom. The number of benzene rings is 3. The van der Waals surface area contributed by atoms with Gasteiger partial charge >= 0.3 is 11.9 Å². The third kappa shape index (κ3) is 10.4. The predicted molar refractivity (Wildman–Crippen MR) is 164 cm³/mol. The first kappa shape index (κ1) is 33.6. The molecule has 0 saturated heterocycles. The summed E-state index contributed by atoms with van der Waals surface area (Å²) in [4.78, 5) is 23.6. The van der Waals surface area contributed by atoms with Crippen LogP contribution in [0.4, 0.5) is 0 Å². The van der Waals surface area contributed by atoms with Crippen molar-refractivity contribution in [3.63, 3.8) is 0 Å². The molecule has 2 atom stereocenters. The van der Waals surface area contributed by atoms with Crippen molar-refractivity contribution in [2.24, 2.45) is 11.5 Å². The highest BCUT2D eigenvalue weighted by Crippen LogP contribution is 2.40. The normalized spacial score (nSPS) is 12.5. The topological polar surface area (TPSA) is 140 Å². The number of nitrogens with one attached hydrogen (secondary N) is 2. The highest BCUT2D eigenvalue weighted by Gasteiger charge is 2.41. The van der Waals surface area contributed by atoms with Gasteiger partial charge in [-0.1, -0.05) is 104 Å². The minimum Gasteiger partial charge on any atom is -0.480 e. The number of carboxylic acids is 1. The second-order valence-corrected chi connectivity index (χ2v) is 9.87. The van der Waals surface area contributed by atoms with Gasteiger partial charge in [0, 0.05) is 16.7 Å². The smallest absolute Gasteiger partial charge is 0.324 e. The molecule has 0 aliphatic carbocycles. The number of ether oxygens (including phenoxy) is 1. The summed E-state index contributed by atoms with van der Waals surface area (Å²) in [5.74, 6) is -1.18. The number of likely N-dealkylation sites (N-methyl/N-ethyl adjacent to an activating group) is 1. The predicted octanol–water partition coefficient (Wildman–Crippen LogP) is 4.03. The van der Waals surface area contributed by atoms with Crippen molar-refractivity contribution >= 4 is 11.9 Å². The molecule has 0 aliphatic rings. The molecule has 0 aliphatic heterocycles. The molecule has 3 rings (SSSR count). The lowest BCUT2D eigenvalue weighted by Gasteiger charge is -2.36. The Morgan fingerprint density at radius 3 is 1.63 bits per heavy atom. The molecule has 0 bridgehead atoms. The van der Waals surface area contributed by atoms with Crippen LogP contribution in [-0.2, 0) is 19.9 Å². The molecule has 0 aromatic heterocycles. The zero-order valence-electron chi connectivity index (χ0n) is 24.3. The van der Waals surface area contributed by atoms with Gasteiger partial charge in [0.2, 0.25) is 0 Å². The Bertz CT molecular complexity index is 1030. The second-order valence-electron chi connectivity index (χ2n) is 9.87. The molecule has 2 unspecified atom stereocenters. The Labute approximate surface area is 244 Å². The number of carboxylic acid groups (broad SMARTS) is 1. The maximum Gasteiger partial charge on any atom is 0.324 e. The van der Waals surface area contributed by atoms with Crippen molar-refractivity contribution in [2.75, 3.05) is 27.2 Å². The number of hydrogen-bond acceptors (Lipinski definition) is 7. The van der Waals surface area contributed by atoms with Crippen molar-refractivity contribution in [1.29, 1.82) is 0 Å². The summed E-state index contributed by atoms with van der Waals surface area (Å²) < 4.78 is 6.34. The Kier molecular flexibility index (Phi) is 15.4. The van der Waals surface area contributed by atoms with E-state index in [0.717, 1.165) is 48.9 Å². The average Bonchev–Trinajstić information content (AvgIpc) is 3.01. The summed E-state index contributed by atoms with van der Waals surface area (Å²) in [6, 6.07) is 28.5. The van der Waals surface area contributed by atoms with Crippen molar-refractivity contribution in [3.05, 3.63) is 108 Å². The van der Waals surface area contributed by atoms with E-state index in [9.17, 15) is 9.59 Å². The van der Waals surface area contributed by atoms with Crippen molar-refractivity contribution in [1.82, 2.24) is 10.6 Å². The highest BCUT2D eigenvalue weighted by atomic mass is 16.6. The van der Waals surface area contributed by atoms with Crippen molar-refractivity contribution < 1.29 is 19.4 Å². The van der Waals surface area contributed by atoms with Gasteiger partial charge in [-0.15, -0.1) is 0 Å². The summed E-state index contributed by atoms with van der Waals surface area (Å²) in [6.45, 7) is 1.54. The van der Waals surface area contributed by atoms with Gasteiger partial charge in [-0.2, -0.15) is 0 Å². The Balaban J connectivity index is 0.000000454. The zero-order valence-corrected chi connectivity index (χ0v) is 24.3. The minimum absolute atomic E-state index is 0.393. The monoisotopic (exact) mass is 562 g/mol. The van der Waals surface area contributed by atoms with Gasteiger partial charge in [0.1, 0.15) is 12.1 Å². The molecule has 222 valence electrons. The van der Waals surface area contributed by atoms with E-state index in [4.69, 9.17) is 21.3 Å². The molecule has 0 amide bonds. The molecule has 0 heterocycles. The number of unbranched alkanes of at least 4 members (excludes halogenated alkanes) is 2. The van der Waals surface area contributed by atoms with Gasteiger partial charge in [0.15, 0.2) is 5.60 Å². The van der Waals surface area contributed by atoms with Crippen molar-refractivity contribution in [2.45, 2.75) is 56.2 Å². The van der Waals surface area contributed by atoms with E-state index in [2.05, 4.69) is 10.6 Å². The molecule has 0 saturated carbocycles. The van der Waals surface area contributed by atoms with Gasteiger partial charge in [-0.25, -0.2) is 0 Å². The standard InChI is InChI=1S/C26H30N2O2.C7H16N2O2/c1-28-20-12-11-19-24(27)25(29)30-26(21-13-5-2-6-14-21,22-15-7-3-8-16-22)23-17-9-4-10-18-23;1-9-6(7(10)11)4-2-3-5-8/h2-10,13-18,24,28H,11-12,19-20,27H2,1H3;6,9H,2-5,8H2,1H3,(H,10,11). The number of rotatable bonds is 16. The average molecular weight is 563 g/mol. The van der Waals surface area contributed by atoms with E-state index in [1.54, 1.807) is 7.05 Å². The van der Waals surface area contributed by atoms with Gasteiger partial charge in [0.05, 0.1) is 0 Å². The number of aliphatic carboxylic acids is 1. The first-order valence-corrected chi connectivity index (χ1v) is 14.3. The summed E-state index contributed by atoms with van der Waals surface area (Å²) >= 11 is 0. The number of carbonyl (C=O) groups is 2. The van der Waals surface area contributed by atoms with Crippen LogP contribution in [0.1, 0.15) is 55.2 Å². The van der Waals surface area contributed by atoms with E-state index in [1.165, 1.54) is 0 Å². The largest absolute Gasteiger partial charge is 0.480 e. The maximum absolute atomic E-state index is 13.2. The summed E-state index contributed by atoms with van der Waals surface area (Å²) in [5, 5.41) is 14.4. The van der Waals surface area contributed by atoms with E-state index in [0.29, 0.717) is 19.4 Å². The minimum atomic E-state index is -1.07. The van der Waals surface area contributed by atoms with Crippen LogP contribution in [0.2, 0.25) is 0 Å². The first-order chi connectivity index (χ1) is 19.9. The summed E-state index contributed by atoms with van der Waals surface area (Å²) in [6.07, 6.45) is 4.85. The van der Waals surface area contributed by atoms with Crippen LogP contribution in [0.25, 0.3) is 0 Å². The highest BCUT2D eigenvalue weighted by molar-refractivity contribution is 5.77. The zero-order chi connectivity index (χ0) is 29.9. The van der Waals surface area contributed by atoms with Crippen LogP contribution in [-0.4, -0.2) is 56.3 Å². The lowest BCUT2D eigenvalue weighted by atomic mass is 9.80. The molecule has 7 N–H and O–H groups in total. The molecule has 0 fully saturated rings. The van der Waals surface area contributed by atoms with Crippen LogP contribution in [0.3, 0.4) is 0 Å². The van der Waals surface area contributed by atoms with E-state index in [1.807, 2.05) is 98.0 Å². The quantitative estimate of drug-likeness (QED) is 0.100. The van der Waals surface area contributed by atoms with E-state index in [-0.39, 0.29) is 0 Å². The van der Waals surface area contributed by atoms with Gasteiger partial charge in [-0.3, -0.25) is 9.59 Å². The molecule has 0 spiro atoms. The van der Waals surface area contributed by atoms with Crippen LogP contribution < -0.4 is 22.1 Å². The molecule has 3 aromatic rings. The third-order valence-corrected chi connectivity index (χ3v) is 6.88. The lowest BCUT2D eigenvalue weighted by Crippen LogP contribution is -2.41. The fraction of sp³-hybridized carbons (Fsp3) is 0.394. The number of hydrogen-bond donors (Lipinski definition) is 5.